The predicted octanol–water partition coefficient (Wildman–Crippen LogP) is 12.4. The van der Waals surface area contributed by atoms with Crippen LogP contribution in [0, 0.1) is 0 Å². The lowest BCUT2D eigenvalue weighted by atomic mass is 9.95. The molecule has 0 saturated heterocycles. The zero-order valence-corrected chi connectivity index (χ0v) is 27.5. The normalized spacial score (nSPS) is 11.5. The zero-order valence-electron chi connectivity index (χ0n) is 27.5. The third-order valence-corrected chi connectivity index (χ3v) is 9.74. The van der Waals surface area contributed by atoms with E-state index in [9.17, 15) is 0 Å². The summed E-state index contributed by atoms with van der Waals surface area (Å²) in [6.45, 7) is 0. The maximum atomic E-state index is 6.53. The standard InChI is InChI=1S/C47H29N3O/c1-3-13-30(14-4-1)31-25-27-32(28-26-31)36-21-11-23-41-43(36)44-39(22-12-24-42(44)51-41)46-48-45(33-15-5-2-6-16-33)49-47(50-46)40-29-34-17-7-8-18-35(34)37-19-9-10-20-38(37)40/h1-29H. The van der Waals surface area contributed by atoms with Crippen molar-refractivity contribution in [2.75, 3.05) is 0 Å². The molecule has 51 heavy (non-hydrogen) atoms. The van der Waals surface area contributed by atoms with Gasteiger partial charge in [-0.2, -0.15) is 0 Å². The third kappa shape index (κ3) is 4.96. The Balaban J connectivity index is 1.22. The molecule has 0 aliphatic rings. The van der Waals surface area contributed by atoms with Gasteiger partial charge in [0.15, 0.2) is 17.5 Å². The van der Waals surface area contributed by atoms with Crippen LogP contribution in [0.25, 0.3) is 99.9 Å². The van der Waals surface area contributed by atoms with Gasteiger partial charge in [-0.05, 0) is 62.0 Å². The summed E-state index contributed by atoms with van der Waals surface area (Å²) in [6.07, 6.45) is 0. The van der Waals surface area contributed by atoms with Gasteiger partial charge in [-0.3, -0.25) is 0 Å². The molecule has 0 aliphatic carbocycles. The average molecular weight is 652 g/mol. The second kappa shape index (κ2) is 11.9. The molecule has 0 atom stereocenters. The second-order valence-corrected chi connectivity index (χ2v) is 12.8. The Morgan fingerprint density at radius 2 is 0.824 bits per heavy atom. The molecule has 2 heterocycles. The summed E-state index contributed by atoms with van der Waals surface area (Å²) in [5.74, 6) is 1.84. The van der Waals surface area contributed by atoms with Gasteiger partial charge in [-0.1, -0.05) is 158 Å². The summed E-state index contributed by atoms with van der Waals surface area (Å²) in [4.78, 5) is 15.6. The van der Waals surface area contributed by atoms with Crippen LogP contribution in [0.15, 0.2) is 180 Å². The zero-order chi connectivity index (χ0) is 33.7. The Kier molecular flexibility index (Phi) is 6.78. The Hall–Kier alpha value is -6.91. The van der Waals surface area contributed by atoms with E-state index in [-0.39, 0.29) is 0 Å². The lowest BCUT2D eigenvalue weighted by molar-refractivity contribution is 0.669. The molecule has 0 amide bonds. The highest BCUT2D eigenvalue weighted by atomic mass is 16.3. The molecule has 8 aromatic carbocycles. The van der Waals surface area contributed by atoms with Gasteiger partial charge in [0.25, 0.3) is 0 Å². The quantitative estimate of drug-likeness (QED) is 0.174. The van der Waals surface area contributed by atoms with Crippen molar-refractivity contribution in [3.63, 3.8) is 0 Å². The highest BCUT2D eigenvalue weighted by molar-refractivity contribution is 6.18. The van der Waals surface area contributed by atoms with Crippen LogP contribution in [0.2, 0.25) is 0 Å². The van der Waals surface area contributed by atoms with Crippen LogP contribution in [0.3, 0.4) is 0 Å². The van der Waals surface area contributed by atoms with Crippen molar-refractivity contribution < 1.29 is 4.42 Å². The van der Waals surface area contributed by atoms with Crippen molar-refractivity contribution in [3.05, 3.63) is 176 Å². The monoisotopic (exact) mass is 651 g/mol. The number of rotatable bonds is 5. The van der Waals surface area contributed by atoms with Crippen molar-refractivity contribution in [2.45, 2.75) is 0 Å². The molecule has 0 fully saturated rings. The maximum absolute atomic E-state index is 6.53. The van der Waals surface area contributed by atoms with Crippen molar-refractivity contribution in [1.29, 1.82) is 0 Å². The molecular weight excluding hydrogens is 623 g/mol. The first-order valence-corrected chi connectivity index (χ1v) is 17.1. The van der Waals surface area contributed by atoms with Gasteiger partial charge in [0.05, 0.1) is 0 Å². The van der Waals surface area contributed by atoms with Crippen LogP contribution in [-0.4, -0.2) is 15.0 Å². The van der Waals surface area contributed by atoms with Crippen LogP contribution in [-0.2, 0) is 0 Å². The number of benzene rings is 8. The number of hydrogen-bond acceptors (Lipinski definition) is 4. The molecule has 0 aliphatic heterocycles. The summed E-state index contributed by atoms with van der Waals surface area (Å²) >= 11 is 0. The molecular formula is C47H29N3O. The summed E-state index contributed by atoms with van der Waals surface area (Å²) < 4.78 is 6.53. The number of nitrogens with zero attached hydrogens (tertiary/aromatic N) is 3. The Labute approximate surface area is 294 Å². The smallest absolute Gasteiger partial charge is 0.164 e. The van der Waals surface area contributed by atoms with Crippen LogP contribution in [0.5, 0.6) is 0 Å². The van der Waals surface area contributed by atoms with E-state index in [1.807, 2.05) is 54.6 Å². The van der Waals surface area contributed by atoms with Crippen molar-refractivity contribution in [2.24, 2.45) is 0 Å². The Bertz CT molecular complexity index is 2900. The highest BCUT2D eigenvalue weighted by Gasteiger charge is 2.21. The molecule has 0 bridgehead atoms. The second-order valence-electron chi connectivity index (χ2n) is 12.8. The fourth-order valence-corrected chi connectivity index (χ4v) is 7.34. The van der Waals surface area contributed by atoms with Crippen molar-refractivity contribution in [1.82, 2.24) is 15.0 Å². The minimum absolute atomic E-state index is 0.596. The van der Waals surface area contributed by atoms with Gasteiger partial charge in [0.1, 0.15) is 11.2 Å². The minimum Gasteiger partial charge on any atom is -0.456 e. The van der Waals surface area contributed by atoms with E-state index < -0.39 is 0 Å². The lowest BCUT2D eigenvalue weighted by Gasteiger charge is -2.13. The molecule has 238 valence electrons. The van der Waals surface area contributed by atoms with Crippen molar-refractivity contribution in [3.8, 4) is 56.4 Å². The number of hydrogen-bond donors (Lipinski definition) is 0. The van der Waals surface area contributed by atoms with E-state index in [0.717, 1.165) is 60.5 Å². The molecule has 0 spiro atoms. The molecule has 2 aromatic heterocycles. The molecule has 4 heteroatoms. The molecule has 0 N–H and O–H groups in total. The first-order chi connectivity index (χ1) is 25.3. The Morgan fingerprint density at radius 3 is 1.55 bits per heavy atom. The van der Waals surface area contributed by atoms with Crippen LogP contribution in [0.4, 0.5) is 0 Å². The van der Waals surface area contributed by atoms with E-state index >= 15 is 0 Å². The van der Waals surface area contributed by atoms with E-state index in [2.05, 4.69) is 121 Å². The van der Waals surface area contributed by atoms with E-state index in [4.69, 9.17) is 19.4 Å². The SMILES string of the molecule is c1ccc(-c2ccc(-c3cccc4oc5cccc(-c6nc(-c7ccccc7)nc(-c7cc8ccccc8c8ccccc78)n6)c5c34)cc2)cc1. The van der Waals surface area contributed by atoms with E-state index in [1.165, 1.54) is 21.9 Å². The molecule has 4 nitrogen and oxygen atoms in total. The predicted molar refractivity (Wildman–Crippen MR) is 209 cm³/mol. The van der Waals surface area contributed by atoms with Crippen molar-refractivity contribution >= 4 is 43.5 Å². The maximum Gasteiger partial charge on any atom is 0.164 e. The van der Waals surface area contributed by atoms with Crippen LogP contribution >= 0.6 is 0 Å². The average Bonchev–Trinajstić information content (AvgIpc) is 3.60. The molecule has 0 saturated carbocycles. The summed E-state index contributed by atoms with van der Waals surface area (Å²) in [7, 11) is 0. The van der Waals surface area contributed by atoms with E-state index in [1.54, 1.807) is 0 Å². The fraction of sp³-hybridized carbons (Fsp3) is 0. The number of furan rings is 1. The first-order valence-electron chi connectivity index (χ1n) is 17.1. The molecule has 10 rings (SSSR count). The number of aromatic nitrogens is 3. The molecule has 10 aromatic rings. The van der Waals surface area contributed by atoms with Gasteiger partial charge in [-0.15, -0.1) is 0 Å². The number of fused-ring (bicyclic) bond motifs is 6. The molecule has 0 unspecified atom stereocenters. The minimum atomic E-state index is 0.596. The fourth-order valence-electron chi connectivity index (χ4n) is 7.34. The largest absolute Gasteiger partial charge is 0.456 e. The van der Waals surface area contributed by atoms with Gasteiger partial charge in [0.2, 0.25) is 0 Å². The Morgan fingerprint density at radius 1 is 0.314 bits per heavy atom. The summed E-state index contributed by atoms with van der Waals surface area (Å²) in [5, 5.41) is 6.62. The van der Waals surface area contributed by atoms with E-state index in [0.29, 0.717) is 17.5 Å². The highest BCUT2D eigenvalue weighted by Crippen LogP contribution is 2.42. The summed E-state index contributed by atoms with van der Waals surface area (Å²) in [5.41, 5.74) is 8.97. The van der Waals surface area contributed by atoms with Crippen LogP contribution in [0.1, 0.15) is 0 Å². The van der Waals surface area contributed by atoms with Gasteiger partial charge in [0, 0.05) is 27.5 Å². The van der Waals surface area contributed by atoms with Gasteiger partial charge in [-0.25, -0.2) is 15.0 Å². The van der Waals surface area contributed by atoms with Gasteiger partial charge >= 0.3 is 0 Å². The lowest BCUT2D eigenvalue weighted by Crippen LogP contribution is -2.01. The topological polar surface area (TPSA) is 51.8 Å². The summed E-state index contributed by atoms with van der Waals surface area (Å²) in [6, 6.07) is 61.0. The van der Waals surface area contributed by atoms with Gasteiger partial charge < -0.3 is 4.42 Å². The molecule has 0 radical (unpaired) electrons. The van der Waals surface area contributed by atoms with Crippen LogP contribution < -0.4 is 0 Å². The third-order valence-electron chi connectivity index (χ3n) is 9.74. The first kappa shape index (κ1) is 29.0.